The number of rotatable bonds is 9. The largest absolute Gasteiger partial charge is 0.481 e. The molecule has 0 spiro atoms. The Bertz CT molecular complexity index is 910. The highest BCUT2D eigenvalue weighted by atomic mass is 16.6. The van der Waals surface area contributed by atoms with Gasteiger partial charge in [0.25, 0.3) is 11.8 Å². The molecule has 0 heterocycles. The summed E-state index contributed by atoms with van der Waals surface area (Å²) < 4.78 is 10.6. The molecule has 2 aromatic carbocycles. The van der Waals surface area contributed by atoms with E-state index in [9.17, 15) is 14.4 Å². The number of ether oxygens (including phenoxy) is 2. The van der Waals surface area contributed by atoms with Crippen molar-refractivity contribution in [2.24, 2.45) is 0 Å². The summed E-state index contributed by atoms with van der Waals surface area (Å²) in [6.45, 7) is 10.2. The van der Waals surface area contributed by atoms with E-state index in [1.165, 1.54) is 0 Å². The number of nitrogens with zero attached hydrogens (tertiary/aromatic N) is 1. The first kappa shape index (κ1) is 23.9. The molecule has 0 atom stereocenters. The minimum absolute atomic E-state index is 0.0594. The van der Waals surface area contributed by atoms with E-state index in [0.717, 1.165) is 16.7 Å². The van der Waals surface area contributed by atoms with E-state index in [2.05, 4.69) is 5.32 Å². The minimum Gasteiger partial charge on any atom is -0.481 e. The van der Waals surface area contributed by atoms with Crippen molar-refractivity contribution < 1.29 is 23.9 Å². The summed E-state index contributed by atoms with van der Waals surface area (Å²) in [5.41, 5.74) is 4.05. The molecule has 0 aliphatic heterocycles. The standard InChI is InChI=1S/C24H30N2O5/c1-6-26(7-2)24(29)19-8-10-20(11-9-19)25-21(27)14-30-22(28)15-31-23-17(4)12-16(3)13-18(23)5/h8-13H,6-7,14-15H2,1-5H3,(H,25,27). The normalized spacial score (nSPS) is 10.4. The third-order valence-corrected chi connectivity index (χ3v) is 4.77. The molecular formula is C24H30N2O5. The van der Waals surface area contributed by atoms with Crippen LogP contribution in [0.3, 0.4) is 0 Å². The third kappa shape index (κ3) is 6.84. The van der Waals surface area contributed by atoms with Crippen molar-refractivity contribution in [2.45, 2.75) is 34.6 Å². The van der Waals surface area contributed by atoms with Gasteiger partial charge < -0.3 is 19.7 Å². The topological polar surface area (TPSA) is 84.9 Å². The van der Waals surface area contributed by atoms with Crippen LogP contribution in [0.1, 0.15) is 40.9 Å². The van der Waals surface area contributed by atoms with E-state index in [1.807, 2.05) is 46.8 Å². The number of benzene rings is 2. The monoisotopic (exact) mass is 426 g/mol. The summed E-state index contributed by atoms with van der Waals surface area (Å²) in [5.74, 6) is -0.518. The van der Waals surface area contributed by atoms with Gasteiger partial charge in [-0.05, 0) is 70.0 Å². The molecular weight excluding hydrogens is 396 g/mol. The van der Waals surface area contributed by atoms with E-state index in [-0.39, 0.29) is 12.5 Å². The van der Waals surface area contributed by atoms with Gasteiger partial charge in [-0.3, -0.25) is 9.59 Å². The van der Waals surface area contributed by atoms with E-state index < -0.39 is 18.5 Å². The van der Waals surface area contributed by atoms with Gasteiger partial charge in [0.15, 0.2) is 13.2 Å². The molecule has 31 heavy (non-hydrogen) atoms. The highest BCUT2D eigenvalue weighted by Crippen LogP contribution is 2.24. The first-order valence-corrected chi connectivity index (χ1v) is 10.3. The fourth-order valence-electron chi connectivity index (χ4n) is 3.30. The van der Waals surface area contributed by atoms with E-state index >= 15 is 0 Å². The summed E-state index contributed by atoms with van der Waals surface area (Å²) in [7, 11) is 0. The minimum atomic E-state index is -0.630. The van der Waals surface area contributed by atoms with Crippen LogP contribution in [-0.4, -0.2) is 49.0 Å². The number of carbonyl (C=O) groups is 3. The first-order chi connectivity index (χ1) is 14.7. The zero-order valence-corrected chi connectivity index (χ0v) is 18.8. The Morgan fingerprint density at radius 3 is 2.03 bits per heavy atom. The van der Waals surface area contributed by atoms with Crippen molar-refractivity contribution in [3.8, 4) is 5.75 Å². The van der Waals surface area contributed by atoms with Gasteiger partial charge in [0, 0.05) is 24.3 Å². The van der Waals surface area contributed by atoms with Gasteiger partial charge in [0.1, 0.15) is 5.75 Å². The number of anilines is 1. The predicted molar refractivity (Wildman–Crippen MR) is 119 cm³/mol. The van der Waals surface area contributed by atoms with Crippen molar-refractivity contribution in [3.05, 3.63) is 58.7 Å². The second kappa shape index (κ2) is 11.2. The fourth-order valence-corrected chi connectivity index (χ4v) is 3.30. The average molecular weight is 427 g/mol. The molecule has 0 aromatic heterocycles. The Morgan fingerprint density at radius 2 is 1.48 bits per heavy atom. The van der Waals surface area contributed by atoms with Gasteiger partial charge in [-0.15, -0.1) is 0 Å². The molecule has 7 heteroatoms. The lowest BCUT2D eigenvalue weighted by Crippen LogP contribution is -2.30. The second-order valence-electron chi connectivity index (χ2n) is 7.28. The molecule has 0 aliphatic rings. The zero-order chi connectivity index (χ0) is 23.0. The number of carbonyl (C=O) groups excluding carboxylic acids is 3. The van der Waals surface area contributed by atoms with Crippen LogP contribution in [0.4, 0.5) is 5.69 Å². The van der Waals surface area contributed by atoms with Gasteiger partial charge in [-0.1, -0.05) is 17.7 Å². The molecule has 0 fully saturated rings. The highest BCUT2D eigenvalue weighted by molar-refractivity contribution is 5.96. The van der Waals surface area contributed by atoms with Crippen LogP contribution in [-0.2, 0) is 14.3 Å². The smallest absolute Gasteiger partial charge is 0.344 e. The number of amides is 2. The summed E-state index contributed by atoms with van der Waals surface area (Å²) in [5, 5.41) is 2.64. The maximum atomic E-state index is 12.3. The quantitative estimate of drug-likeness (QED) is 0.619. The molecule has 2 amide bonds. The molecule has 2 aromatic rings. The Hall–Kier alpha value is -3.35. The van der Waals surface area contributed by atoms with Crippen LogP contribution in [0.25, 0.3) is 0 Å². The van der Waals surface area contributed by atoms with Crippen molar-refractivity contribution in [2.75, 3.05) is 31.6 Å². The van der Waals surface area contributed by atoms with Crippen molar-refractivity contribution in [3.63, 3.8) is 0 Å². The number of hydrogen-bond acceptors (Lipinski definition) is 5. The first-order valence-electron chi connectivity index (χ1n) is 10.3. The van der Waals surface area contributed by atoms with Crippen LogP contribution < -0.4 is 10.1 Å². The molecule has 0 saturated heterocycles. The van der Waals surface area contributed by atoms with Crippen LogP contribution in [0.15, 0.2) is 36.4 Å². The lowest BCUT2D eigenvalue weighted by Gasteiger charge is -2.18. The maximum Gasteiger partial charge on any atom is 0.344 e. The Kier molecular flexibility index (Phi) is 8.61. The van der Waals surface area contributed by atoms with Gasteiger partial charge in [-0.25, -0.2) is 4.79 Å². The fraction of sp³-hybridized carbons (Fsp3) is 0.375. The SMILES string of the molecule is CCN(CC)C(=O)c1ccc(NC(=O)COC(=O)COc2c(C)cc(C)cc2C)cc1. The Labute approximate surface area is 183 Å². The maximum absolute atomic E-state index is 12.3. The predicted octanol–water partition coefficient (Wildman–Crippen LogP) is 3.65. The molecule has 166 valence electrons. The van der Waals surface area contributed by atoms with Gasteiger partial charge in [0.2, 0.25) is 0 Å². The number of esters is 1. The highest BCUT2D eigenvalue weighted by Gasteiger charge is 2.14. The zero-order valence-electron chi connectivity index (χ0n) is 18.8. The Balaban J connectivity index is 1.81. The van der Waals surface area contributed by atoms with Crippen LogP contribution in [0.5, 0.6) is 5.75 Å². The number of nitrogens with one attached hydrogen (secondary N) is 1. The van der Waals surface area contributed by atoms with Crippen LogP contribution in [0.2, 0.25) is 0 Å². The molecule has 2 rings (SSSR count). The molecule has 0 saturated carbocycles. The summed E-state index contributed by atoms with van der Waals surface area (Å²) in [4.78, 5) is 38.0. The van der Waals surface area contributed by atoms with Gasteiger partial charge in [0.05, 0.1) is 0 Å². The molecule has 0 bridgehead atoms. The molecule has 0 radical (unpaired) electrons. The molecule has 7 nitrogen and oxygen atoms in total. The van der Waals surface area contributed by atoms with Crippen molar-refractivity contribution in [1.29, 1.82) is 0 Å². The molecule has 0 aliphatic carbocycles. The average Bonchev–Trinajstić information content (AvgIpc) is 2.72. The third-order valence-electron chi connectivity index (χ3n) is 4.77. The lowest BCUT2D eigenvalue weighted by atomic mass is 10.1. The van der Waals surface area contributed by atoms with E-state index in [1.54, 1.807) is 29.2 Å². The summed E-state index contributed by atoms with van der Waals surface area (Å²) in [6, 6.07) is 10.5. The number of hydrogen-bond donors (Lipinski definition) is 1. The summed E-state index contributed by atoms with van der Waals surface area (Å²) in [6.07, 6.45) is 0. The van der Waals surface area contributed by atoms with Crippen LogP contribution >= 0.6 is 0 Å². The molecule has 1 N–H and O–H groups in total. The van der Waals surface area contributed by atoms with Gasteiger partial charge in [-0.2, -0.15) is 0 Å². The Morgan fingerprint density at radius 1 is 0.903 bits per heavy atom. The van der Waals surface area contributed by atoms with Crippen LogP contribution in [0, 0.1) is 20.8 Å². The summed E-state index contributed by atoms with van der Waals surface area (Å²) >= 11 is 0. The van der Waals surface area contributed by atoms with Crippen molar-refractivity contribution >= 4 is 23.5 Å². The molecule has 0 unspecified atom stereocenters. The van der Waals surface area contributed by atoms with Gasteiger partial charge >= 0.3 is 5.97 Å². The van der Waals surface area contributed by atoms with Crippen molar-refractivity contribution in [1.82, 2.24) is 4.90 Å². The van der Waals surface area contributed by atoms with E-state index in [4.69, 9.17) is 9.47 Å². The van der Waals surface area contributed by atoms with E-state index in [0.29, 0.717) is 30.1 Å². The lowest BCUT2D eigenvalue weighted by molar-refractivity contribution is -0.149. The second-order valence-corrected chi connectivity index (χ2v) is 7.28. The number of aryl methyl sites for hydroxylation is 3.